The molecule has 4 rings (SSSR count). The molecule has 0 aromatic heterocycles. The summed E-state index contributed by atoms with van der Waals surface area (Å²) in [5.41, 5.74) is 1.36. The Bertz CT molecular complexity index is 848. The van der Waals surface area contributed by atoms with Crippen LogP contribution in [0.4, 0.5) is 5.69 Å². The van der Waals surface area contributed by atoms with E-state index in [2.05, 4.69) is 5.32 Å². The van der Waals surface area contributed by atoms with E-state index in [1.54, 1.807) is 18.2 Å². The second-order valence-electron chi connectivity index (χ2n) is 7.15. The summed E-state index contributed by atoms with van der Waals surface area (Å²) in [5, 5.41) is 11.0. The van der Waals surface area contributed by atoms with Crippen LogP contribution in [0.25, 0.3) is 0 Å². The molecule has 3 aliphatic heterocycles. The van der Waals surface area contributed by atoms with Crippen LogP contribution < -0.4 is 10.2 Å². The third kappa shape index (κ3) is 3.16. The van der Waals surface area contributed by atoms with Crippen LogP contribution >= 0.6 is 0 Å². The van der Waals surface area contributed by atoms with Crippen LogP contribution in [0.15, 0.2) is 18.2 Å². The molecule has 0 spiro atoms. The Morgan fingerprint density at radius 3 is 2.57 bits per heavy atom. The molecule has 3 aliphatic rings. The van der Waals surface area contributed by atoms with Crippen molar-refractivity contribution in [2.45, 2.75) is 31.4 Å². The van der Waals surface area contributed by atoms with Gasteiger partial charge in [0.2, 0.25) is 11.8 Å². The lowest BCUT2D eigenvalue weighted by Gasteiger charge is -2.40. The summed E-state index contributed by atoms with van der Waals surface area (Å²) in [4.78, 5) is 51.9. The third-order valence-electron chi connectivity index (χ3n) is 5.29. The van der Waals surface area contributed by atoms with Gasteiger partial charge in [-0.15, -0.1) is 0 Å². The normalized spacial score (nSPS) is 22.4. The summed E-state index contributed by atoms with van der Waals surface area (Å²) in [5.74, 6) is -2.02. The predicted molar refractivity (Wildman–Crippen MR) is 96.8 cm³/mol. The lowest BCUT2D eigenvalue weighted by Crippen LogP contribution is -2.54. The quantitative estimate of drug-likeness (QED) is 0.507. The Morgan fingerprint density at radius 1 is 1.11 bits per heavy atom. The first-order chi connectivity index (χ1) is 13.5. The molecule has 1 atom stereocenters. The molecule has 3 heterocycles. The number of carbonyl (C=O) groups excluding carboxylic acids is 4. The first-order valence-corrected chi connectivity index (χ1v) is 9.32. The standard InChI is InChI=1S/C19H21N3O6/c23-6-1-7-28-12-9-21(10-12)11-2-3-13-14(8-11)19(27)22(18(13)26)15-4-5-16(24)20-17(15)25/h2-3,8,12,15,23H,1,4-7,9-10H2,(H,20,24,25). The van der Waals surface area contributed by atoms with Gasteiger partial charge in [0.25, 0.3) is 11.8 Å². The number of aliphatic hydroxyl groups is 1. The summed E-state index contributed by atoms with van der Waals surface area (Å²) >= 11 is 0. The molecule has 148 valence electrons. The number of nitrogens with one attached hydrogen (secondary N) is 1. The van der Waals surface area contributed by atoms with Crippen LogP contribution in [0.2, 0.25) is 0 Å². The fourth-order valence-corrected chi connectivity index (χ4v) is 3.72. The summed E-state index contributed by atoms with van der Waals surface area (Å²) in [6.45, 7) is 1.95. The smallest absolute Gasteiger partial charge is 0.262 e. The van der Waals surface area contributed by atoms with Crippen LogP contribution in [0.1, 0.15) is 40.0 Å². The molecule has 0 saturated carbocycles. The van der Waals surface area contributed by atoms with Crippen molar-refractivity contribution >= 4 is 29.3 Å². The van der Waals surface area contributed by atoms with Gasteiger partial charge in [0.15, 0.2) is 0 Å². The van der Waals surface area contributed by atoms with Crippen molar-refractivity contribution in [2.24, 2.45) is 0 Å². The van der Waals surface area contributed by atoms with Gasteiger partial charge < -0.3 is 14.7 Å². The highest BCUT2D eigenvalue weighted by molar-refractivity contribution is 6.23. The third-order valence-corrected chi connectivity index (χ3v) is 5.29. The van der Waals surface area contributed by atoms with Gasteiger partial charge in [-0.3, -0.25) is 29.4 Å². The monoisotopic (exact) mass is 387 g/mol. The summed E-state index contributed by atoms with van der Waals surface area (Å²) in [7, 11) is 0. The number of benzene rings is 1. The van der Waals surface area contributed by atoms with E-state index in [1.807, 2.05) is 4.90 Å². The fourth-order valence-electron chi connectivity index (χ4n) is 3.72. The Hall–Kier alpha value is -2.78. The lowest BCUT2D eigenvalue weighted by molar-refractivity contribution is -0.136. The number of carbonyl (C=O) groups is 4. The number of aliphatic hydroxyl groups excluding tert-OH is 1. The van der Waals surface area contributed by atoms with Crippen molar-refractivity contribution in [1.82, 2.24) is 10.2 Å². The average Bonchev–Trinajstić information content (AvgIpc) is 2.88. The van der Waals surface area contributed by atoms with E-state index in [-0.39, 0.29) is 36.7 Å². The molecule has 2 fully saturated rings. The van der Waals surface area contributed by atoms with Gasteiger partial charge in [-0.25, -0.2) is 0 Å². The van der Waals surface area contributed by atoms with E-state index in [0.29, 0.717) is 26.1 Å². The van der Waals surface area contributed by atoms with E-state index in [4.69, 9.17) is 9.84 Å². The lowest BCUT2D eigenvalue weighted by atomic mass is 10.0. The number of amides is 4. The molecule has 1 aromatic rings. The molecular formula is C19H21N3O6. The van der Waals surface area contributed by atoms with E-state index < -0.39 is 29.7 Å². The van der Waals surface area contributed by atoms with Crippen molar-refractivity contribution in [2.75, 3.05) is 31.2 Å². The van der Waals surface area contributed by atoms with Gasteiger partial charge >= 0.3 is 0 Å². The van der Waals surface area contributed by atoms with Gasteiger partial charge in [-0.2, -0.15) is 0 Å². The van der Waals surface area contributed by atoms with Crippen LogP contribution in [-0.2, 0) is 14.3 Å². The van der Waals surface area contributed by atoms with Gasteiger partial charge in [-0.05, 0) is 31.0 Å². The SMILES string of the molecule is O=C1CCC(N2C(=O)c3ccc(N4CC(OCCCO)C4)cc3C2=O)C(=O)N1. The van der Waals surface area contributed by atoms with Crippen molar-refractivity contribution in [3.8, 4) is 0 Å². The molecular weight excluding hydrogens is 366 g/mol. The highest BCUT2D eigenvalue weighted by Gasteiger charge is 2.45. The van der Waals surface area contributed by atoms with Crippen LogP contribution in [0.3, 0.4) is 0 Å². The molecule has 1 aromatic carbocycles. The molecule has 9 heteroatoms. The van der Waals surface area contributed by atoms with Crippen molar-refractivity contribution in [1.29, 1.82) is 0 Å². The number of anilines is 1. The van der Waals surface area contributed by atoms with Gasteiger partial charge in [0.1, 0.15) is 6.04 Å². The van der Waals surface area contributed by atoms with E-state index in [0.717, 1.165) is 10.6 Å². The number of fused-ring (bicyclic) bond motifs is 1. The van der Waals surface area contributed by atoms with Crippen LogP contribution in [0.5, 0.6) is 0 Å². The molecule has 1 unspecified atom stereocenters. The van der Waals surface area contributed by atoms with Gasteiger partial charge in [0.05, 0.1) is 17.2 Å². The zero-order valence-corrected chi connectivity index (χ0v) is 15.2. The topological polar surface area (TPSA) is 116 Å². The van der Waals surface area contributed by atoms with E-state index in [9.17, 15) is 19.2 Å². The van der Waals surface area contributed by atoms with Crippen molar-refractivity contribution in [3.05, 3.63) is 29.3 Å². The summed E-state index contributed by atoms with van der Waals surface area (Å²) in [6, 6.07) is 4.10. The maximum Gasteiger partial charge on any atom is 0.262 e. The zero-order chi connectivity index (χ0) is 19.8. The maximum absolute atomic E-state index is 12.8. The first-order valence-electron chi connectivity index (χ1n) is 9.32. The number of imide groups is 2. The van der Waals surface area contributed by atoms with Crippen LogP contribution in [-0.4, -0.2) is 72.1 Å². The minimum absolute atomic E-state index is 0.0807. The number of nitrogens with zero attached hydrogens (tertiary/aromatic N) is 2. The summed E-state index contributed by atoms with van der Waals surface area (Å²) in [6.07, 6.45) is 0.919. The Kier molecular flexibility index (Phi) is 4.86. The Balaban J connectivity index is 1.46. The number of piperidine rings is 1. The van der Waals surface area contributed by atoms with E-state index >= 15 is 0 Å². The van der Waals surface area contributed by atoms with Crippen LogP contribution in [0, 0.1) is 0 Å². The molecule has 0 bridgehead atoms. The highest BCUT2D eigenvalue weighted by Crippen LogP contribution is 2.32. The Labute approximate surface area is 161 Å². The van der Waals surface area contributed by atoms with Crippen molar-refractivity contribution in [3.63, 3.8) is 0 Å². The number of hydrogen-bond donors (Lipinski definition) is 2. The molecule has 2 N–H and O–H groups in total. The minimum Gasteiger partial charge on any atom is -0.396 e. The molecule has 0 aliphatic carbocycles. The second kappa shape index (κ2) is 7.33. The number of rotatable bonds is 6. The van der Waals surface area contributed by atoms with Crippen molar-refractivity contribution < 1.29 is 29.0 Å². The molecule has 4 amide bonds. The Morgan fingerprint density at radius 2 is 1.86 bits per heavy atom. The molecule has 28 heavy (non-hydrogen) atoms. The highest BCUT2D eigenvalue weighted by atomic mass is 16.5. The minimum atomic E-state index is -0.957. The maximum atomic E-state index is 12.8. The predicted octanol–water partition coefficient (Wildman–Crippen LogP) is -0.325. The van der Waals surface area contributed by atoms with E-state index in [1.165, 1.54) is 0 Å². The zero-order valence-electron chi connectivity index (χ0n) is 15.2. The largest absolute Gasteiger partial charge is 0.396 e. The molecule has 9 nitrogen and oxygen atoms in total. The van der Waals surface area contributed by atoms with Gasteiger partial charge in [0, 0.05) is 38.4 Å². The second-order valence-corrected chi connectivity index (χ2v) is 7.15. The summed E-state index contributed by atoms with van der Waals surface area (Å²) < 4.78 is 5.61. The number of hydrogen-bond acceptors (Lipinski definition) is 7. The first kappa shape index (κ1) is 18.6. The average molecular weight is 387 g/mol. The molecule has 0 radical (unpaired) electrons. The number of ether oxygens (including phenoxy) is 1. The van der Waals surface area contributed by atoms with Gasteiger partial charge in [-0.1, -0.05) is 0 Å². The molecule has 2 saturated heterocycles. The fraction of sp³-hybridized carbons (Fsp3) is 0.474.